The molecule has 0 bridgehead atoms. The standard InChI is InChI=1S/C20H18N2O3S/c23-20(22-26(24,25)18-14-8-3-9-15-18)21-19(16-10-4-1-5-11-16)17-12-6-2-7-13-17/h1-15,19H,(H2,21,22,23). The molecule has 3 rings (SSSR count). The summed E-state index contributed by atoms with van der Waals surface area (Å²) in [5.74, 6) is 0. The van der Waals surface area contributed by atoms with Gasteiger partial charge in [-0.25, -0.2) is 17.9 Å². The molecule has 0 unspecified atom stereocenters. The van der Waals surface area contributed by atoms with E-state index < -0.39 is 22.1 Å². The Morgan fingerprint density at radius 2 is 1.12 bits per heavy atom. The summed E-state index contributed by atoms with van der Waals surface area (Å²) in [5, 5.41) is 2.75. The average molecular weight is 366 g/mol. The van der Waals surface area contributed by atoms with Gasteiger partial charge in [0.25, 0.3) is 10.0 Å². The van der Waals surface area contributed by atoms with E-state index in [1.165, 1.54) is 12.1 Å². The third-order valence-electron chi connectivity index (χ3n) is 3.82. The molecular weight excluding hydrogens is 348 g/mol. The van der Waals surface area contributed by atoms with E-state index in [2.05, 4.69) is 10.0 Å². The van der Waals surface area contributed by atoms with Crippen LogP contribution in [0.4, 0.5) is 4.79 Å². The lowest BCUT2D eigenvalue weighted by atomic mass is 9.99. The molecule has 2 amide bonds. The van der Waals surface area contributed by atoms with Crippen molar-refractivity contribution in [2.45, 2.75) is 10.9 Å². The molecule has 0 aliphatic carbocycles. The average Bonchev–Trinajstić information content (AvgIpc) is 2.68. The Labute approximate surface area is 152 Å². The summed E-state index contributed by atoms with van der Waals surface area (Å²) in [6.07, 6.45) is 0. The Kier molecular flexibility index (Phi) is 5.34. The molecule has 0 fully saturated rings. The lowest BCUT2D eigenvalue weighted by Crippen LogP contribution is -2.41. The van der Waals surface area contributed by atoms with E-state index >= 15 is 0 Å². The van der Waals surface area contributed by atoms with Gasteiger partial charge < -0.3 is 5.32 Å². The summed E-state index contributed by atoms with van der Waals surface area (Å²) in [4.78, 5) is 12.4. The zero-order valence-corrected chi connectivity index (χ0v) is 14.7. The van der Waals surface area contributed by atoms with Crippen LogP contribution in [0, 0.1) is 0 Å². The van der Waals surface area contributed by atoms with Crippen molar-refractivity contribution in [3.63, 3.8) is 0 Å². The van der Waals surface area contributed by atoms with Gasteiger partial charge in [0.05, 0.1) is 10.9 Å². The van der Waals surface area contributed by atoms with Gasteiger partial charge in [0.2, 0.25) is 0 Å². The first-order chi connectivity index (χ1) is 12.6. The van der Waals surface area contributed by atoms with E-state index in [-0.39, 0.29) is 4.90 Å². The molecule has 0 aromatic heterocycles. The number of rotatable bonds is 5. The maximum absolute atomic E-state index is 12.4. The summed E-state index contributed by atoms with van der Waals surface area (Å²) in [6.45, 7) is 0. The van der Waals surface area contributed by atoms with Gasteiger partial charge in [-0.1, -0.05) is 78.9 Å². The molecule has 0 aliphatic rings. The van der Waals surface area contributed by atoms with Crippen molar-refractivity contribution in [1.29, 1.82) is 0 Å². The number of benzene rings is 3. The third-order valence-corrected chi connectivity index (χ3v) is 5.17. The monoisotopic (exact) mass is 366 g/mol. The molecule has 5 nitrogen and oxygen atoms in total. The van der Waals surface area contributed by atoms with E-state index in [9.17, 15) is 13.2 Å². The smallest absolute Gasteiger partial charge is 0.326 e. The van der Waals surface area contributed by atoms with Crippen LogP contribution in [-0.2, 0) is 10.0 Å². The summed E-state index contributed by atoms with van der Waals surface area (Å²) in [6, 6.07) is 25.3. The molecule has 0 radical (unpaired) electrons. The molecule has 132 valence electrons. The highest BCUT2D eigenvalue weighted by Gasteiger charge is 2.21. The molecular formula is C20H18N2O3S. The molecule has 0 heterocycles. The van der Waals surface area contributed by atoms with Crippen molar-refractivity contribution in [3.05, 3.63) is 102 Å². The first-order valence-electron chi connectivity index (χ1n) is 8.04. The van der Waals surface area contributed by atoms with Crippen molar-refractivity contribution in [2.24, 2.45) is 0 Å². The Bertz CT molecular complexity index is 920. The minimum atomic E-state index is -3.93. The number of amides is 2. The highest BCUT2D eigenvalue weighted by Crippen LogP contribution is 2.21. The number of hydrogen-bond donors (Lipinski definition) is 2. The normalized spacial score (nSPS) is 11.1. The number of sulfonamides is 1. The van der Waals surface area contributed by atoms with Gasteiger partial charge in [0.1, 0.15) is 0 Å². The SMILES string of the molecule is O=C(NC(c1ccccc1)c1ccccc1)NS(=O)(=O)c1ccccc1. The fraction of sp³-hybridized carbons (Fsp3) is 0.0500. The predicted molar refractivity (Wildman–Crippen MR) is 100 cm³/mol. The topological polar surface area (TPSA) is 75.3 Å². The van der Waals surface area contributed by atoms with Gasteiger partial charge in [-0.2, -0.15) is 0 Å². The lowest BCUT2D eigenvalue weighted by Gasteiger charge is -2.20. The molecule has 2 N–H and O–H groups in total. The van der Waals surface area contributed by atoms with Crippen molar-refractivity contribution in [3.8, 4) is 0 Å². The second-order valence-electron chi connectivity index (χ2n) is 5.65. The fourth-order valence-electron chi connectivity index (χ4n) is 2.59. The minimum absolute atomic E-state index is 0.0334. The maximum Gasteiger partial charge on any atom is 0.329 e. The first-order valence-corrected chi connectivity index (χ1v) is 9.53. The lowest BCUT2D eigenvalue weighted by molar-refractivity contribution is 0.243. The summed E-state index contributed by atoms with van der Waals surface area (Å²) < 4.78 is 26.7. The zero-order chi connectivity index (χ0) is 18.4. The molecule has 0 aliphatic heterocycles. The zero-order valence-electron chi connectivity index (χ0n) is 13.9. The van der Waals surface area contributed by atoms with Crippen molar-refractivity contribution in [2.75, 3.05) is 0 Å². The molecule has 3 aromatic carbocycles. The van der Waals surface area contributed by atoms with E-state index in [0.717, 1.165) is 11.1 Å². The van der Waals surface area contributed by atoms with Gasteiger partial charge in [-0.3, -0.25) is 0 Å². The molecule has 3 aromatic rings. The van der Waals surface area contributed by atoms with Crippen LogP contribution >= 0.6 is 0 Å². The van der Waals surface area contributed by atoms with Gasteiger partial charge in [-0.15, -0.1) is 0 Å². The molecule has 0 atom stereocenters. The highest BCUT2D eigenvalue weighted by atomic mass is 32.2. The summed E-state index contributed by atoms with van der Waals surface area (Å²) in [5.41, 5.74) is 1.71. The van der Waals surface area contributed by atoms with Crippen LogP contribution < -0.4 is 10.0 Å². The second-order valence-corrected chi connectivity index (χ2v) is 7.33. The van der Waals surface area contributed by atoms with Crippen molar-refractivity contribution >= 4 is 16.1 Å². The Morgan fingerprint density at radius 3 is 1.58 bits per heavy atom. The Balaban J connectivity index is 1.82. The molecule has 6 heteroatoms. The minimum Gasteiger partial charge on any atom is -0.326 e. The molecule has 0 spiro atoms. The van der Waals surface area contributed by atoms with Crippen molar-refractivity contribution in [1.82, 2.24) is 10.0 Å². The van der Waals surface area contributed by atoms with E-state index in [0.29, 0.717) is 0 Å². The van der Waals surface area contributed by atoms with Crippen LogP contribution in [-0.4, -0.2) is 14.4 Å². The summed E-state index contributed by atoms with van der Waals surface area (Å²) in [7, 11) is -3.93. The van der Waals surface area contributed by atoms with Crippen LogP contribution in [0.2, 0.25) is 0 Å². The molecule has 0 saturated heterocycles. The maximum atomic E-state index is 12.4. The van der Waals surface area contributed by atoms with Crippen LogP contribution in [0.3, 0.4) is 0 Å². The van der Waals surface area contributed by atoms with E-state index in [1.54, 1.807) is 18.2 Å². The van der Waals surface area contributed by atoms with Gasteiger partial charge >= 0.3 is 6.03 Å². The molecule has 26 heavy (non-hydrogen) atoms. The van der Waals surface area contributed by atoms with Crippen LogP contribution in [0.1, 0.15) is 17.2 Å². The first kappa shape index (κ1) is 17.7. The number of nitrogens with one attached hydrogen (secondary N) is 2. The predicted octanol–water partition coefficient (Wildman–Crippen LogP) is 3.46. The van der Waals surface area contributed by atoms with E-state index in [1.807, 2.05) is 60.7 Å². The van der Waals surface area contributed by atoms with Gasteiger partial charge in [0, 0.05) is 0 Å². The highest BCUT2D eigenvalue weighted by molar-refractivity contribution is 7.90. The summed E-state index contributed by atoms with van der Waals surface area (Å²) >= 11 is 0. The molecule has 0 saturated carbocycles. The number of carbonyl (C=O) groups excluding carboxylic acids is 1. The van der Waals surface area contributed by atoms with Crippen LogP contribution in [0.25, 0.3) is 0 Å². The third kappa shape index (κ3) is 4.29. The van der Waals surface area contributed by atoms with Crippen LogP contribution in [0.15, 0.2) is 95.9 Å². The number of carbonyl (C=O) groups is 1. The fourth-order valence-corrected chi connectivity index (χ4v) is 3.53. The largest absolute Gasteiger partial charge is 0.329 e. The van der Waals surface area contributed by atoms with Crippen LogP contribution in [0.5, 0.6) is 0 Å². The Morgan fingerprint density at radius 1 is 0.692 bits per heavy atom. The van der Waals surface area contributed by atoms with Crippen molar-refractivity contribution < 1.29 is 13.2 Å². The quantitative estimate of drug-likeness (QED) is 0.726. The van der Waals surface area contributed by atoms with E-state index in [4.69, 9.17) is 0 Å². The van der Waals surface area contributed by atoms with Gasteiger partial charge in [-0.05, 0) is 23.3 Å². The van der Waals surface area contributed by atoms with Gasteiger partial charge in [0.15, 0.2) is 0 Å². The number of urea groups is 1. The number of hydrogen-bond acceptors (Lipinski definition) is 3. The second kappa shape index (κ2) is 7.84. The Hall–Kier alpha value is -3.12.